The van der Waals surface area contributed by atoms with Gasteiger partial charge in [-0.2, -0.15) is 0 Å². The van der Waals surface area contributed by atoms with Crippen LogP contribution >= 0.6 is 0 Å². The fourth-order valence-electron chi connectivity index (χ4n) is 2.39. The van der Waals surface area contributed by atoms with Crippen molar-refractivity contribution in [3.63, 3.8) is 0 Å². The molecule has 6 heteroatoms. The second-order valence-electron chi connectivity index (χ2n) is 5.48. The molecule has 0 aliphatic heterocycles. The highest BCUT2D eigenvalue weighted by molar-refractivity contribution is 6.07. The van der Waals surface area contributed by atoms with Crippen LogP contribution in [0.25, 0.3) is 17.0 Å². The molecule has 1 aromatic heterocycles. The van der Waals surface area contributed by atoms with Crippen LogP contribution in [-0.2, 0) is 4.74 Å². The number of benzene rings is 2. The van der Waals surface area contributed by atoms with Crippen molar-refractivity contribution >= 4 is 28.8 Å². The van der Waals surface area contributed by atoms with Crippen molar-refractivity contribution in [1.82, 2.24) is 0 Å². The molecule has 0 spiro atoms. The molecule has 1 heterocycles. The normalized spacial score (nSPS) is 11.0. The smallest absolute Gasteiger partial charge is 0.347 e. The molecule has 6 nitrogen and oxygen atoms in total. The van der Waals surface area contributed by atoms with E-state index in [1.807, 2.05) is 0 Å². The maximum absolute atomic E-state index is 12.3. The molecule has 3 rings (SSSR count). The molecule has 0 unspecified atom stereocenters. The highest BCUT2D eigenvalue weighted by atomic mass is 16.5. The molecular weight excluding hydrogens is 336 g/mol. The van der Waals surface area contributed by atoms with Crippen molar-refractivity contribution in [2.75, 3.05) is 7.11 Å². The van der Waals surface area contributed by atoms with Crippen LogP contribution in [0, 0.1) is 0 Å². The summed E-state index contributed by atoms with van der Waals surface area (Å²) in [5, 5.41) is 9.96. The van der Waals surface area contributed by atoms with Gasteiger partial charge in [0.15, 0.2) is 5.78 Å². The third kappa shape index (κ3) is 3.54. The maximum Gasteiger partial charge on any atom is 0.347 e. The summed E-state index contributed by atoms with van der Waals surface area (Å²) >= 11 is 0. The van der Waals surface area contributed by atoms with Gasteiger partial charge in [0, 0.05) is 5.39 Å². The summed E-state index contributed by atoms with van der Waals surface area (Å²) in [6, 6.07) is 12.1. The molecule has 0 bridgehead atoms. The van der Waals surface area contributed by atoms with E-state index in [2.05, 4.69) is 4.74 Å². The summed E-state index contributed by atoms with van der Waals surface area (Å²) in [6.45, 7) is 0. The Morgan fingerprint density at radius 1 is 1.08 bits per heavy atom. The average Bonchev–Trinajstić information content (AvgIpc) is 2.65. The number of allylic oxidation sites excluding steroid dienone is 1. The molecule has 2 aromatic carbocycles. The van der Waals surface area contributed by atoms with E-state index < -0.39 is 17.4 Å². The molecule has 0 saturated heterocycles. The number of carbonyl (C=O) groups excluding carboxylic acids is 2. The largest absolute Gasteiger partial charge is 0.508 e. The van der Waals surface area contributed by atoms with Gasteiger partial charge in [-0.3, -0.25) is 4.79 Å². The minimum absolute atomic E-state index is 0.00554. The summed E-state index contributed by atoms with van der Waals surface area (Å²) < 4.78 is 9.72. The van der Waals surface area contributed by atoms with Crippen LogP contribution in [0.15, 0.2) is 63.8 Å². The number of esters is 1. The van der Waals surface area contributed by atoms with E-state index in [-0.39, 0.29) is 16.9 Å². The van der Waals surface area contributed by atoms with Crippen molar-refractivity contribution in [2.45, 2.75) is 0 Å². The standard InChI is InChI=1S/C20H14O6/c1-25-19(23)13-5-2-12(3-6-13)4-8-17(22)16-11-14-10-15(21)7-9-18(14)26-20(16)24/h2-11,21H,1H3/b8-4+. The molecule has 0 aliphatic carbocycles. The first-order chi connectivity index (χ1) is 12.5. The average molecular weight is 350 g/mol. The van der Waals surface area contributed by atoms with Crippen LogP contribution in [0.5, 0.6) is 5.75 Å². The number of phenols is 1. The lowest BCUT2D eigenvalue weighted by Gasteiger charge is -2.01. The fraction of sp³-hybridized carbons (Fsp3) is 0.0500. The molecule has 0 saturated carbocycles. The van der Waals surface area contributed by atoms with Gasteiger partial charge in [-0.05, 0) is 48.0 Å². The highest BCUT2D eigenvalue weighted by Gasteiger charge is 2.12. The molecule has 0 aliphatic rings. The number of fused-ring (bicyclic) bond motifs is 1. The van der Waals surface area contributed by atoms with Gasteiger partial charge in [0.2, 0.25) is 0 Å². The topological polar surface area (TPSA) is 93.8 Å². The molecular formula is C20H14O6. The van der Waals surface area contributed by atoms with E-state index in [1.54, 1.807) is 24.3 Å². The van der Waals surface area contributed by atoms with E-state index in [1.165, 1.54) is 43.5 Å². The highest BCUT2D eigenvalue weighted by Crippen LogP contribution is 2.19. The van der Waals surface area contributed by atoms with E-state index in [0.29, 0.717) is 16.5 Å². The summed E-state index contributed by atoms with van der Waals surface area (Å²) in [6.07, 6.45) is 2.77. The van der Waals surface area contributed by atoms with E-state index in [0.717, 1.165) is 0 Å². The van der Waals surface area contributed by atoms with Crippen molar-refractivity contribution in [3.8, 4) is 5.75 Å². The number of ether oxygens (including phenoxy) is 1. The van der Waals surface area contributed by atoms with Gasteiger partial charge in [0.25, 0.3) is 0 Å². The maximum atomic E-state index is 12.3. The number of ketones is 1. The quantitative estimate of drug-likeness (QED) is 0.336. The Bertz CT molecular complexity index is 1070. The van der Waals surface area contributed by atoms with Crippen molar-refractivity contribution < 1.29 is 23.8 Å². The number of aromatic hydroxyl groups is 1. The molecule has 0 radical (unpaired) electrons. The summed E-state index contributed by atoms with van der Waals surface area (Å²) in [7, 11) is 1.30. The molecule has 0 amide bonds. The van der Waals surface area contributed by atoms with Crippen LogP contribution in [0.1, 0.15) is 26.3 Å². The predicted octanol–water partition coefficient (Wildman–Crippen LogP) is 3.18. The SMILES string of the molecule is COC(=O)c1ccc(/C=C/C(=O)c2cc3cc(O)ccc3oc2=O)cc1. The van der Waals surface area contributed by atoms with E-state index in [4.69, 9.17) is 4.42 Å². The number of hydrogen-bond acceptors (Lipinski definition) is 6. The van der Waals surface area contributed by atoms with Crippen molar-refractivity contribution in [1.29, 1.82) is 0 Å². The number of methoxy groups -OCH3 is 1. The fourth-order valence-corrected chi connectivity index (χ4v) is 2.39. The van der Waals surface area contributed by atoms with Crippen LogP contribution in [-0.4, -0.2) is 24.0 Å². The van der Waals surface area contributed by atoms with Crippen LogP contribution in [0.2, 0.25) is 0 Å². The second kappa shape index (κ2) is 7.06. The molecule has 26 heavy (non-hydrogen) atoms. The lowest BCUT2D eigenvalue weighted by molar-refractivity contribution is 0.0600. The molecule has 130 valence electrons. The Morgan fingerprint density at radius 2 is 1.81 bits per heavy atom. The summed E-state index contributed by atoms with van der Waals surface area (Å²) in [5.74, 6) is -0.972. The van der Waals surface area contributed by atoms with Crippen LogP contribution in [0.3, 0.4) is 0 Å². The van der Waals surface area contributed by atoms with Gasteiger partial charge in [-0.15, -0.1) is 0 Å². The van der Waals surface area contributed by atoms with Gasteiger partial charge >= 0.3 is 11.6 Å². The molecule has 0 atom stereocenters. The van der Waals surface area contributed by atoms with Gasteiger partial charge in [-0.1, -0.05) is 18.2 Å². The van der Waals surface area contributed by atoms with Gasteiger partial charge < -0.3 is 14.3 Å². The number of hydrogen-bond donors (Lipinski definition) is 1. The van der Waals surface area contributed by atoms with Crippen molar-refractivity contribution in [3.05, 3.63) is 81.7 Å². The molecule has 1 N–H and O–H groups in total. The first kappa shape index (κ1) is 17.2. The summed E-state index contributed by atoms with van der Waals surface area (Å²) in [4.78, 5) is 35.7. The molecule has 0 fully saturated rings. The first-order valence-electron chi connectivity index (χ1n) is 7.65. The van der Waals surface area contributed by atoms with E-state index >= 15 is 0 Å². The van der Waals surface area contributed by atoms with Gasteiger partial charge in [0.1, 0.15) is 16.9 Å². The lowest BCUT2D eigenvalue weighted by Crippen LogP contribution is -2.11. The molecule has 3 aromatic rings. The zero-order valence-electron chi connectivity index (χ0n) is 13.8. The number of rotatable bonds is 4. The van der Waals surface area contributed by atoms with Crippen molar-refractivity contribution in [2.24, 2.45) is 0 Å². The summed E-state index contributed by atoms with van der Waals surface area (Å²) in [5.41, 5.74) is 0.468. The van der Waals surface area contributed by atoms with Gasteiger partial charge in [-0.25, -0.2) is 9.59 Å². The second-order valence-corrected chi connectivity index (χ2v) is 5.48. The minimum Gasteiger partial charge on any atom is -0.508 e. The minimum atomic E-state index is -0.751. The van der Waals surface area contributed by atoms with Crippen LogP contribution in [0.4, 0.5) is 0 Å². The number of phenolic OH excluding ortho intramolecular Hbond substituents is 1. The Labute approximate surface area is 148 Å². The zero-order valence-corrected chi connectivity index (χ0v) is 13.8. The van der Waals surface area contributed by atoms with Gasteiger partial charge in [0.05, 0.1) is 12.7 Å². The predicted molar refractivity (Wildman–Crippen MR) is 95.3 cm³/mol. The lowest BCUT2D eigenvalue weighted by atomic mass is 10.1. The van der Waals surface area contributed by atoms with Crippen LogP contribution < -0.4 is 5.63 Å². The Hall–Kier alpha value is -3.67. The third-order valence-corrected chi connectivity index (χ3v) is 3.74. The number of carbonyl (C=O) groups is 2. The zero-order chi connectivity index (χ0) is 18.7. The Kier molecular flexibility index (Phi) is 4.66. The van der Waals surface area contributed by atoms with E-state index in [9.17, 15) is 19.5 Å². The third-order valence-electron chi connectivity index (χ3n) is 3.74. The monoisotopic (exact) mass is 350 g/mol. The Balaban J connectivity index is 1.86. The first-order valence-corrected chi connectivity index (χ1v) is 7.65. The Morgan fingerprint density at radius 3 is 2.50 bits per heavy atom.